The lowest BCUT2D eigenvalue weighted by molar-refractivity contribution is -0.0805. The summed E-state index contributed by atoms with van der Waals surface area (Å²) in [5.41, 5.74) is 0.540. The van der Waals surface area contributed by atoms with Crippen LogP contribution >= 0.6 is 0 Å². The second-order valence-electron chi connectivity index (χ2n) is 5.85. The van der Waals surface area contributed by atoms with Crippen molar-refractivity contribution in [3.8, 4) is 0 Å². The van der Waals surface area contributed by atoms with E-state index in [0.717, 1.165) is 12.5 Å². The van der Waals surface area contributed by atoms with Crippen LogP contribution in [-0.4, -0.2) is 25.8 Å². The van der Waals surface area contributed by atoms with Crippen molar-refractivity contribution in [2.24, 2.45) is 11.3 Å². The first-order chi connectivity index (χ1) is 7.20. The van der Waals surface area contributed by atoms with Gasteiger partial charge < -0.3 is 10.1 Å². The highest BCUT2D eigenvalue weighted by atomic mass is 16.5. The summed E-state index contributed by atoms with van der Waals surface area (Å²) >= 11 is 0. The van der Waals surface area contributed by atoms with E-state index in [0.29, 0.717) is 11.5 Å². The van der Waals surface area contributed by atoms with E-state index < -0.39 is 0 Å². The molecule has 2 rings (SSSR count). The fourth-order valence-corrected chi connectivity index (χ4v) is 2.98. The van der Waals surface area contributed by atoms with Crippen LogP contribution in [0.2, 0.25) is 0 Å². The van der Waals surface area contributed by atoms with Gasteiger partial charge in [-0.2, -0.15) is 0 Å². The minimum atomic E-state index is 0.540. The Morgan fingerprint density at radius 1 is 1.27 bits per heavy atom. The molecular formula is C13H25NO. The highest BCUT2D eigenvalue weighted by Gasteiger charge is 2.36. The van der Waals surface area contributed by atoms with E-state index in [-0.39, 0.29) is 0 Å². The Bertz CT molecular complexity index is 187. The zero-order valence-corrected chi connectivity index (χ0v) is 10.2. The Kier molecular flexibility index (Phi) is 3.68. The third kappa shape index (κ3) is 2.94. The Hall–Kier alpha value is -0.0800. The first-order valence-electron chi connectivity index (χ1n) is 6.53. The van der Waals surface area contributed by atoms with E-state index in [4.69, 9.17) is 4.74 Å². The molecule has 2 saturated heterocycles. The number of hydrogen-bond acceptors (Lipinski definition) is 2. The summed E-state index contributed by atoms with van der Waals surface area (Å²) in [5, 5.41) is 3.44. The molecule has 0 radical (unpaired) electrons. The van der Waals surface area contributed by atoms with Crippen molar-refractivity contribution in [3.05, 3.63) is 0 Å². The molecule has 1 atom stereocenters. The van der Waals surface area contributed by atoms with E-state index >= 15 is 0 Å². The van der Waals surface area contributed by atoms with E-state index in [1.54, 1.807) is 0 Å². The molecule has 2 aliphatic rings. The Morgan fingerprint density at radius 2 is 2.00 bits per heavy atom. The summed E-state index contributed by atoms with van der Waals surface area (Å²) in [6, 6.07) is 0. The van der Waals surface area contributed by atoms with Gasteiger partial charge in [-0.25, -0.2) is 0 Å². The van der Waals surface area contributed by atoms with Crippen molar-refractivity contribution in [2.75, 3.05) is 19.7 Å². The van der Waals surface area contributed by atoms with Gasteiger partial charge in [0.15, 0.2) is 0 Å². The van der Waals surface area contributed by atoms with Crippen LogP contribution in [0.15, 0.2) is 0 Å². The molecule has 2 heterocycles. The molecule has 2 aliphatic heterocycles. The lowest BCUT2D eigenvalue weighted by Gasteiger charge is -2.43. The average molecular weight is 211 g/mol. The minimum Gasteiger partial charge on any atom is -0.378 e. The fraction of sp³-hybridized carbons (Fsp3) is 1.00. The number of rotatable bonds is 2. The Balaban J connectivity index is 1.80. The lowest BCUT2D eigenvalue weighted by Crippen LogP contribution is -2.44. The predicted molar refractivity (Wildman–Crippen MR) is 63.0 cm³/mol. The monoisotopic (exact) mass is 211 g/mol. The molecule has 0 aromatic heterocycles. The van der Waals surface area contributed by atoms with Gasteiger partial charge in [-0.3, -0.25) is 0 Å². The zero-order chi connectivity index (χ0) is 10.7. The first kappa shape index (κ1) is 11.4. The Morgan fingerprint density at radius 3 is 2.53 bits per heavy atom. The van der Waals surface area contributed by atoms with Gasteiger partial charge >= 0.3 is 0 Å². The van der Waals surface area contributed by atoms with Crippen LogP contribution in [-0.2, 0) is 4.74 Å². The van der Waals surface area contributed by atoms with Gasteiger partial charge in [-0.1, -0.05) is 13.8 Å². The fourth-order valence-electron chi connectivity index (χ4n) is 2.98. The highest BCUT2D eigenvalue weighted by Crippen LogP contribution is 2.39. The van der Waals surface area contributed by atoms with Crippen molar-refractivity contribution >= 4 is 0 Å². The van der Waals surface area contributed by atoms with Crippen molar-refractivity contribution < 1.29 is 4.74 Å². The summed E-state index contributed by atoms with van der Waals surface area (Å²) in [6.07, 6.45) is 7.12. The van der Waals surface area contributed by atoms with Crippen LogP contribution in [0.4, 0.5) is 0 Å². The molecule has 1 N–H and O–H groups in total. The topological polar surface area (TPSA) is 21.3 Å². The highest BCUT2D eigenvalue weighted by molar-refractivity contribution is 4.88. The van der Waals surface area contributed by atoms with Crippen molar-refractivity contribution in [2.45, 2.75) is 52.1 Å². The summed E-state index contributed by atoms with van der Waals surface area (Å²) in [7, 11) is 0. The molecule has 1 unspecified atom stereocenters. The second-order valence-corrected chi connectivity index (χ2v) is 5.85. The maximum absolute atomic E-state index is 6.05. The number of hydrogen-bond donors (Lipinski definition) is 1. The van der Waals surface area contributed by atoms with Gasteiger partial charge in [0.05, 0.1) is 12.7 Å². The predicted octanol–water partition coefficient (Wildman–Crippen LogP) is 2.58. The molecule has 0 aromatic rings. The molecule has 0 bridgehead atoms. The molecule has 88 valence electrons. The minimum absolute atomic E-state index is 0.540. The zero-order valence-electron chi connectivity index (χ0n) is 10.2. The quantitative estimate of drug-likeness (QED) is 0.758. The van der Waals surface area contributed by atoms with Crippen LogP contribution in [0.5, 0.6) is 0 Å². The van der Waals surface area contributed by atoms with Crippen LogP contribution in [0, 0.1) is 11.3 Å². The number of piperidine rings is 1. The molecule has 0 aliphatic carbocycles. The van der Waals surface area contributed by atoms with E-state index in [2.05, 4.69) is 19.2 Å². The molecular weight excluding hydrogens is 186 g/mol. The largest absolute Gasteiger partial charge is 0.378 e. The van der Waals surface area contributed by atoms with Crippen LogP contribution in [0.25, 0.3) is 0 Å². The smallest absolute Gasteiger partial charge is 0.0578 e. The van der Waals surface area contributed by atoms with Crippen molar-refractivity contribution in [3.63, 3.8) is 0 Å². The summed E-state index contributed by atoms with van der Waals surface area (Å²) in [4.78, 5) is 0. The Labute approximate surface area is 93.8 Å². The molecule has 2 heteroatoms. The third-order valence-corrected chi connectivity index (χ3v) is 4.02. The van der Waals surface area contributed by atoms with E-state index in [9.17, 15) is 0 Å². The van der Waals surface area contributed by atoms with Gasteiger partial charge in [0.2, 0.25) is 0 Å². The van der Waals surface area contributed by atoms with Crippen molar-refractivity contribution in [1.29, 1.82) is 0 Å². The van der Waals surface area contributed by atoms with E-state index in [1.165, 1.54) is 45.2 Å². The van der Waals surface area contributed by atoms with Gasteiger partial charge in [0.1, 0.15) is 0 Å². The average Bonchev–Trinajstić information content (AvgIpc) is 2.23. The third-order valence-electron chi connectivity index (χ3n) is 4.02. The summed E-state index contributed by atoms with van der Waals surface area (Å²) in [5.74, 6) is 0.775. The maximum atomic E-state index is 6.05. The maximum Gasteiger partial charge on any atom is 0.0578 e. The molecule has 0 saturated carbocycles. The molecule has 15 heavy (non-hydrogen) atoms. The standard InChI is InChI=1S/C13H25NO/c1-11(2)9-12-3-4-13(10-15-12)5-7-14-8-6-13/h11-12,14H,3-10H2,1-2H3. The van der Waals surface area contributed by atoms with Crippen LogP contribution in [0.3, 0.4) is 0 Å². The normalized spacial score (nSPS) is 31.0. The van der Waals surface area contributed by atoms with Gasteiger partial charge in [-0.05, 0) is 56.5 Å². The molecule has 2 fully saturated rings. The first-order valence-corrected chi connectivity index (χ1v) is 6.53. The van der Waals surface area contributed by atoms with Gasteiger partial charge in [0.25, 0.3) is 0 Å². The molecule has 0 aromatic carbocycles. The van der Waals surface area contributed by atoms with Crippen LogP contribution in [0.1, 0.15) is 46.0 Å². The van der Waals surface area contributed by atoms with Crippen molar-refractivity contribution in [1.82, 2.24) is 5.32 Å². The van der Waals surface area contributed by atoms with Gasteiger partial charge in [-0.15, -0.1) is 0 Å². The number of nitrogens with one attached hydrogen (secondary N) is 1. The van der Waals surface area contributed by atoms with Crippen LogP contribution < -0.4 is 5.32 Å². The molecule has 2 nitrogen and oxygen atoms in total. The van der Waals surface area contributed by atoms with Gasteiger partial charge in [0, 0.05) is 0 Å². The lowest BCUT2D eigenvalue weighted by atomic mass is 9.73. The van der Waals surface area contributed by atoms with E-state index in [1.807, 2.05) is 0 Å². The molecule has 1 spiro atoms. The second kappa shape index (κ2) is 4.84. The summed E-state index contributed by atoms with van der Waals surface area (Å²) in [6.45, 7) is 7.99. The number of ether oxygens (including phenoxy) is 1. The molecule has 0 amide bonds. The summed E-state index contributed by atoms with van der Waals surface area (Å²) < 4.78 is 6.05. The SMILES string of the molecule is CC(C)CC1CCC2(CCNCC2)CO1.